The second kappa shape index (κ2) is 66.4. The molecule has 0 heterocycles. The number of ether oxygens (including phenoxy) is 4. The Morgan fingerprint density at radius 2 is 0.574 bits per heavy atom. The number of aliphatic hydroxyl groups is 1. The number of phosphoric ester groups is 2. The van der Waals surface area contributed by atoms with Gasteiger partial charge in [0.05, 0.1) is 26.4 Å². The van der Waals surface area contributed by atoms with E-state index in [-0.39, 0.29) is 25.7 Å². The quantitative estimate of drug-likeness (QED) is 0.0169. The number of unbranched alkanes of at least 4 members (excludes halogenated alkanes) is 39. The van der Waals surface area contributed by atoms with Gasteiger partial charge in [-0.05, 0) is 63.2 Å². The Bertz CT molecular complexity index is 1910. The van der Waals surface area contributed by atoms with E-state index in [9.17, 15) is 43.2 Å². The zero-order valence-electron chi connectivity index (χ0n) is 60.7. The highest BCUT2D eigenvalue weighted by Gasteiger charge is 2.30. The molecule has 554 valence electrons. The van der Waals surface area contributed by atoms with E-state index in [1.165, 1.54) is 167 Å². The van der Waals surface area contributed by atoms with Gasteiger partial charge in [0.25, 0.3) is 0 Å². The van der Waals surface area contributed by atoms with Gasteiger partial charge in [-0.25, -0.2) is 9.13 Å². The maximum Gasteiger partial charge on any atom is 0.472 e. The van der Waals surface area contributed by atoms with Crippen LogP contribution in [0.25, 0.3) is 0 Å². The minimum Gasteiger partial charge on any atom is -0.462 e. The van der Waals surface area contributed by atoms with Crippen LogP contribution in [-0.4, -0.2) is 96.7 Å². The van der Waals surface area contributed by atoms with Crippen molar-refractivity contribution in [2.75, 3.05) is 39.6 Å². The smallest absolute Gasteiger partial charge is 0.462 e. The third-order valence-corrected chi connectivity index (χ3v) is 18.7. The number of carbonyl (C=O) groups is 4. The number of carbonyl (C=O) groups excluding carboxylic acids is 4. The highest BCUT2D eigenvalue weighted by molar-refractivity contribution is 7.47. The molecule has 5 atom stereocenters. The van der Waals surface area contributed by atoms with Crippen LogP contribution < -0.4 is 0 Å². The molecule has 0 bridgehead atoms. The zero-order chi connectivity index (χ0) is 69.3. The summed E-state index contributed by atoms with van der Waals surface area (Å²) in [4.78, 5) is 72.8. The first kappa shape index (κ1) is 91.5. The van der Waals surface area contributed by atoms with Crippen molar-refractivity contribution in [3.05, 3.63) is 24.3 Å². The molecule has 17 nitrogen and oxygen atoms in total. The van der Waals surface area contributed by atoms with Crippen LogP contribution in [-0.2, 0) is 65.4 Å². The minimum absolute atomic E-state index is 0.0850. The molecule has 0 radical (unpaired) electrons. The number of phosphoric acid groups is 2. The summed E-state index contributed by atoms with van der Waals surface area (Å²) >= 11 is 0. The molecule has 0 saturated heterocycles. The summed E-state index contributed by atoms with van der Waals surface area (Å²) in [5, 5.41) is 10.6. The Kier molecular flexibility index (Phi) is 64.7. The Morgan fingerprint density at radius 1 is 0.330 bits per heavy atom. The normalized spacial score (nSPS) is 14.2. The monoisotopic (exact) mass is 1380 g/mol. The van der Waals surface area contributed by atoms with E-state index in [1.54, 1.807) is 0 Å². The molecule has 0 aliphatic rings. The number of esters is 4. The summed E-state index contributed by atoms with van der Waals surface area (Å²) in [6.07, 6.45) is 56.2. The predicted molar refractivity (Wildman–Crippen MR) is 381 cm³/mol. The van der Waals surface area contributed by atoms with Crippen LogP contribution >= 0.6 is 15.6 Å². The molecular formula is C75H142O17P2. The summed E-state index contributed by atoms with van der Waals surface area (Å²) in [7, 11) is -9.92. The molecule has 0 saturated carbocycles. The SMILES string of the molecule is CCCCCC/C=C\C=C/CCCCCCCC(=O)O[C@H](COC(=O)CCCCCCCCCCCCCCC(C)C)COP(=O)(O)OC[C@@H](O)COP(=O)(O)OC[C@@H](COC(=O)CCCCCCCCCCCCC)OC(=O)CCCCCCCCCCCCC(C)C. The molecule has 2 unspecified atom stereocenters. The van der Waals surface area contributed by atoms with Crippen molar-refractivity contribution in [3.8, 4) is 0 Å². The Hall–Kier alpha value is -2.46. The summed E-state index contributed by atoms with van der Waals surface area (Å²) < 4.78 is 68.4. The van der Waals surface area contributed by atoms with Crippen molar-refractivity contribution in [1.29, 1.82) is 0 Å². The van der Waals surface area contributed by atoms with Crippen LogP contribution in [0.2, 0.25) is 0 Å². The molecule has 0 aromatic carbocycles. The average molecular weight is 1380 g/mol. The fraction of sp³-hybridized carbons (Fsp3) is 0.893. The van der Waals surface area contributed by atoms with Crippen LogP contribution in [0, 0.1) is 11.8 Å². The van der Waals surface area contributed by atoms with E-state index in [0.29, 0.717) is 25.7 Å². The summed E-state index contributed by atoms with van der Waals surface area (Å²) in [5.41, 5.74) is 0. The third kappa shape index (κ3) is 68.1. The topological polar surface area (TPSA) is 237 Å². The van der Waals surface area contributed by atoms with Gasteiger partial charge < -0.3 is 33.8 Å². The molecule has 0 aliphatic carbocycles. The van der Waals surface area contributed by atoms with Crippen molar-refractivity contribution in [2.24, 2.45) is 11.8 Å². The lowest BCUT2D eigenvalue weighted by Crippen LogP contribution is -2.30. The first-order valence-electron chi connectivity index (χ1n) is 38.3. The van der Waals surface area contributed by atoms with E-state index in [1.807, 2.05) is 0 Å². The Balaban J connectivity index is 5.30. The lowest BCUT2D eigenvalue weighted by atomic mass is 10.0. The maximum atomic E-state index is 13.1. The van der Waals surface area contributed by atoms with Gasteiger partial charge in [-0.2, -0.15) is 0 Å². The molecule has 0 rings (SSSR count). The molecule has 0 spiro atoms. The van der Waals surface area contributed by atoms with Gasteiger partial charge in [-0.1, -0.05) is 310 Å². The molecule has 0 aromatic rings. The van der Waals surface area contributed by atoms with Crippen molar-refractivity contribution in [3.63, 3.8) is 0 Å². The maximum absolute atomic E-state index is 13.1. The number of aliphatic hydroxyl groups excluding tert-OH is 1. The van der Waals surface area contributed by atoms with E-state index in [0.717, 1.165) is 115 Å². The first-order chi connectivity index (χ1) is 45.4. The van der Waals surface area contributed by atoms with Gasteiger partial charge in [-0.3, -0.25) is 37.3 Å². The highest BCUT2D eigenvalue weighted by Crippen LogP contribution is 2.45. The van der Waals surface area contributed by atoms with E-state index >= 15 is 0 Å². The van der Waals surface area contributed by atoms with Gasteiger partial charge >= 0.3 is 39.5 Å². The summed E-state index contributed by atoms with van der Waals surface area (Å²) in [6.45, 7) is 9.52. The van der Waals surface area contributed by atoms with Gasteiger partial charge in [0, 0.05) is 25.7 Å². The van der Waals surface area contributed by atoms with E-state index in [2.05, 4.69) is 65.8 Å². The molecule has 0 aliphatic heterocycles. The first-order valence-corrected chi connectivity index (χ1v) is 41.3. The molecular weight excluding hydrogens is 1230 g/mol. The van der Waals surface area contributed by atoms with Crippen LogP contribution in [0.1, 0.15) is 363 Å². The van der Waals surface area contributed by atoms with Crippen LogP contribution in [0.5, 0.6) is 0 Å². The fourth-order valence-electron chi connectivity index (χ4n) is 10.9. The molecule has 0 amide bonds. The van der Waals surface area contributed by atoms with E-state index < -0.39 is 97.5 Å². The Morgan fingerprint density at radius 3 is 0.872 bits per heavy atom. The molecule has 19 heteroatoms. The number of hydrogen-bond acceptors (Lipinski definition) is 15. The predicted octanol–water partition coefficient (Wildman–Crippen LogP) is 21.5. The van der Waals surface area contributed by atoms with Crippen molar-refractivity contribution in [2.45, 2.75) is 381 Å². The van der Waals surface area contributed by atoms with Gasteiger partial charge in [0.1, 0.15) is 19.3 Å². The highest BCUT2D eigenvalue weighted by atomic mass is 31.2. The van der Waals surface area contributed by atoms with Crippen molar-refractivity contribution < 1.29 is 80.2 Å². The van der Waals surface area contributed by atoms with Gasteiger partial charge in [0.2, 0.25) is 0 Å². The van der Waals surface area contributed by atoms with Crippen molar-refractivity contribution in [1.82, 2.24) is 0 Å². The number of allylic oxidation sites excluding steroid dienone is 4. The summed E-state index contributed by atoms with van der Waals surface area (Å²) in [5.74, 6) is -0.617. The Labute approximate surface area is 573 Å². The van der Waals surface area contributed by atoms with Gasteiger partial charge in [0.15, 0.2) is 12.2 Å². The average Bonchev–Trinajstić information content (AvgIpc) is 1.56. The largest absolute Gasteiger partial charge is 0.472 e. The lowest BCUT2D eigenvalue weighted by molar-refractivity contribution is -0.161. The third-order valence-electron chi connectivity index (χ3n) is 16.8. The molecule has 0 aromatic heterocycles. The lowest BCUT2D eigenvalue weighted by Gasteiger charge is -2.21. The second-order valence-corrected chi connectivity index (χ2v) is 30.2. The van der Waals surface area contributed by atoms with Crippen LogP contribution in [0.15, 0.2) is 24.3 Å². The minimum atomic E-state index is -4.96. The number of hydrogen-bond donors (Lipinski definition) is 3. The molecule has 94 heavy (non-hydrogen) atoms. The van der Waals surface area contributed by atoms with Gasteiger partial charge in [-0.15, -0.1) is 0 Å². The van der Waals surface area contributed by atoms with Crippen molar-refractivity contribution >= 4 is 39.5 Å². The molecule has 0 fully saturated rings. The standard InChI is InChI=1S/C75H142O17P2/c1-7-9-11-13-15-17-19-20-21-22-28-35-41-47-53-59-74(79)91-70(64-86-73(78)58-52-46-40-34-27-24-23-26-31-37-43-49-55-67(3)4)65-89-93(81,82)87-61-69(76)62-88-94(83,84)90-66-71(63-85-72(77)57-51-45-39-33-25-18-16-14-12-10-8-2)92-75(80)60-54-48-42-36-30-29-32-38-44-50-56-68(5)6/h17,19-21,67-71,76H,7-16,18,22-66H2,1-6H3,(H,81,82)(H,83,84)/b19-17-,21-20-/t69-,70-,71-/m1/s1. The van der Waals surface area contributed by atoms with Crippen LogP contribution in [0.4, 0.5) is 0 Å². The van der Waals surface area contributed by atoms with E-state index in [4.69, 9.17) is 37.0 Å². The van der Waals surface area contributed by atoms with Crippen LogP contribution in [0.3, 0.4) is 0 Å². The summed E-state index contributed by atoms with van der Waals surface area (Å²) in [6, 6.07) is 0. The fourth-order valence-corrected chi connectivity index (χ4v) is 12.5. The second-order valence-electron chi connectivity index (χ2n) is 27.3. The molecule has 3 N–H and O–H groups in total. The number of rotatable bonds is 72. The zero-order valence-corrected chi connectivity index (χ0v) is 62.5.